The summed E-state index contributed by atoms with van der Waals surface area (Å²) < 4.78 is 0. The van der Waals surface area contributed by atoms with Gasteiger partial charge in [0.2, 0.25) is 10.1 Å². The predicted octanol–water partition coefficient (Wildman–Crippen LogP) is 3.40. The molecule has 2 rings (SSSR count). The lowest BCUT2D eigenvalue weighted by Gasteiger charge is -2.28. The minimum absolute atomic E-state index is 0.0594. The van der Waals surface area contributed by atoms with Crippen molar-refractivity contribution in [2.75, 3.05) is 18.4 Å². The van der Waals surface area contributed by atoms with E-state index in [0.717, 1.165) is 37.5 Å². The Balaban J connectivity index is 2.07. The van der Waals surface area contributed by atoms with E-state index in [9.17, 15) is 4.79 Å². The van der Waals surface area contributed by atoms with Crippen molar-refractivity contribution in [1.29, 1.82) is 0 Å². The first-order chi connectivity index (χ1) is 10.1. The average molecular weight is 310 g/mol. The third kappa shape index (κ3) is 4.40. The van der Waals surface area contributed by atoms with Crippen LogP contribution in [0, 0.1) is 5.92 Å². The first-order valence-electron chi connectivity index (χ1n) is 8.00. The lowest BCUT2D eigenvalue weighted by molar-refractivity contribution is 0.0670. The van der Waals surface area contributed by atoms with Gasteiger partial charge < -0.3 is 10.2 Å². The van der Waals surface area contributed by atoms with Crippen molar-refractivity contribution >= 4 is 22.4 Å². The monoisotopic (exact) mass is 310 g/mol. The smallest absolute Gasteiger partial charge is 0.285 e. The Morgan fingerprint density at radius 1 is 1.38 bits per heavy atom. The molecule has 1 saturated carbocycles. The Hall–Kier alpha value is -1.17. The second-order valence-corrected chi connectivity index (χ2v) is 7.04. The molecule has 1 amide bonds. The summed E-state index contributed by atoms with van der Waals surface area (Å²) in [4.78, 5) is 14.8. The number of nitrogens with one attached hydrogen (secondary N) is 1. The number of carbonyl (C=O) groups is 1. The second kappa shape index (κ2) is 7.73. The van der Waals surface area contributed by atoms with Crippen LogP contribution in [0.15, 0.2) is 0 Å². The fraction of sp³-hybridized carbons (Fsp3) is 0.800. The molecule has 1 fully saturated rings. The molecule has 0 spiro atoms. The highest BCUT2D eigenvalue weighted by Crippen LogP contribution is 2.27. The van der Waals surface area contributed by atoms with Crippen LogP contribution in [0.2, 0.25) is 0 Å². The normalized spacial score (nSPS) is 15.6. The third-order valence-electron chi connectivity index (χ3n) is 3.91. The van der Waals surface area contributed by atoms with Gasteiger partial charge >= 0.3 is 0 Å². The number of hydrogen-bond donors (Lipinski definition) is 1. The molecule has 0 aromatic carbocycles. The molecular weight excluding hydrogens is 284 g/mol. The summed E-state index contributed by atoms with van der Waals surface area (Å²) in [7, 11) is 0. The average Bonchev–Trinajstić information content (AvgIpc) is 3.10. The number of aromatic nitrogens is 2. The van der Waals surface area contributed by atoms with Crippen molar-refractivity contribution in [3.05, 3.63) is 5.01 Å². The van der Waals surface area contributed by atoms with Crippen molar-refractivity contribution in [3.8, 4) is 0 Å². The largest absolute Gasteiger partial charge is 0.360 e. The molecule has 6 heteroatoms. The number of amides is 1. The second-order valence-electron chi connectivity index (χ2n) is 6.06. The van der Waals surface area contributed by atoms with Crippen LogP contribution in [0.1, 0.15) is 62.7 Å². The third-order valence-corrected chi connectivity index (χ3v) is 4.78. The molecule has 0 radical (unpaired) electrons. The van der Waals surface area contributed by atoms with E-state index in [1.165, 1.54) is 24.2 Å². The van der Waals surface area contributed by atoms with Crippen LogP contribution in [0.25, 0.3) is 0 Å². The lowest BCUT2D eigenvalue weighted by atomic mass is 10.1. The van der Waals surface area contributed by atoms with Crippen molar-refractivity contribution in [2.45, 2.75) is 58.9 Å². The number of hydrogen-bond acceptors (Lipinski definition) is 5. The SMILES string of the molecule is CCNc1nnc(C(=O)N(CCC(C)C)C2CCCC2)s1. The fourth-order valence-corrected chi connectivity index (χ4v) is 3.49. The summed E-state index contributed by atoms with van der Waals surface area (Å²) in [5, 5.41) is 12.5. The zero-order chi connectivity index (χ0) is 15.2. The van der Waals surface area contributed by atoms with E-state index in [1.54, 1.807) is 0 Å². The van der Waals surface area contributed by atoms with Crippen LogP contribution in [0.5, 0.6) is 0 Å². The van der Waals surface area contributed by atoms with Crippen LogP contribution in [-0.4, -0.2) is 40.1 Å². The van der Waals surface area contributed by atoms with Gasteiger partial charge in [-0.15, -0.1) is 10.2 Å². The van der Waals surface area contributed by atoms with Gasteiger partial charge in [0, 0.05) is 19.1 Å². The molecule has 5 nitrogen and oxygen atoms in total. The van der Waals surface area contributed by atoms with E-state index in [-0.39, 0.29) is 5.91 Å². The molecule has 1 heterocycles. The molecule has 1 N–H and O–H groups in total. The molecule has 1 aromatic rings. The molecule has 0 bridgehead atoms. The standard InChI is InChI=1S/C15H26N4OS/c1-4-16-15-18-17-13(21-15)14(20)19(10-9-11(2)3)12-7-5-6-8-12/h11-12H,4-10H2,1-3H3,(H,16,18). The summed E-state index contributed by atoms with van der Waals surface area (Å²) in [6.45, 7) is 8.03. The number of rotatable bonds is 7. The molecule has 0 atom stereocenters. The van der Waals surface area contributed by atoms with Gasteiger partial charge in [-0.3, -0.25) is 4.79 Å². The minimum atomic E-state index is 0.0594. The fourth-order valence-electron chi connectivity index (χ4n) is 2.72. The Morgan fingerprint density at radius 2 is 2.10 bits per heavy atom. The maximum atomic E-state index is 12.8. The van der Waals surface area contributed by atoms with Crippen molar-refractivity contribution in [2.24, 2.45) is 5.92 Å². The van der Waals surface area contributed by atoms with E-state index >= 15 is 0 Å². The van der Waals surface area contributed by atoms with E-state index in [2.05, 4.69) is 29.4 Å². The Labute approximate surface area is 131 Å². The molecule has 0 unspecified atom stereocenters. The van der Waals surface area contributed by atoms with Gasteiger partial charge in [-0.2, -0.15) is 0 Å². The van der Waals surface area contributed by atoms with Gasteiger partial charge in [-0.1, -0.05) is 38.0 Å². The summed E-state index contributed by atoms with van der Waals surface area (Å²) in [5.74, 6) is 0.664. The molecule has 1 aromatic heterocycles. The van der Waals surface area contributed by atoms with E-state index in [1.807, 2.05) is 11.8 Å². The molecule has 0 saturated heterocycles. The summed E-state index contributed by atoms with van der Waals surface area (Å²) in [6.07, 6.45) is 5.76. The highest BCUT2D eigenvalue weighted by atomic mass is 32.1. The predicted molar refractivity (Wildman–Crippen MR) is 86.8 cm³/mol. The van der Waals surface area contributed by atoms with E-state index < -0.39 is 0 Å². The number of carbonyl (C=O) groups excluding carboxylic acids is 1. The molecule has 0 aliphatic heterocycles. The highest BCUT2D eigenvalue weighted by Gasteiger charge is 2.29. The Kier molecular flexibility index (Phi) is 5.96. The molecule has 1 aliphatic rings. The number of anilines is 1. The van der Waals surface area contributed by atoms with Crippen molar-refractivity contribution in [3.63, 3.8) is 0 Å². The molecule has 1 aliphatic carbocycles. The zero-order valence-electron chi connectivity index (χ0n) is 13.3. The minimum Gasteiger partial charge on any atom is -0.360 e. The van der Waals surface area contributed by atoms with Gasteiger partial charge in [0.25, 0.3) is 5.91 Å². The van der Waals surface area contributed by atoms with Crippen molar-refractivity contribution < 1.29 is 4.79 Å². The van der Waals surface area contributed by atoms with Crippen LogP contribution in [0.4, 0.5) is 5.13 Å². The quantitative estimate of drug-likeness (QED) is 0.838. The molecule has 21 heavy (non-hydrogen) atoms. The molecule has 118 valence electrons. The van der Waals surface area contributed by atoms with Crippen LogP contribution in [0.3, 0.4) is 0 Å². The van der Waals surface area contributed by atoms with Gasteiger partial charge in [0.1, 0.15) is 0 Å². The Bertz CT molecular complexity index is 454. The zero-order valence-corrected chi connectivity index (χ0v) is 14.1. The maximum absolute atomic E-state index is 12.8. The van der Waals surface area contributed by atoms with Crippen LogP contribution in [-0.2, 0) is 0 Å². The van der Waals surface area contributed by atoms with Gasteiger partial charge in [0.15, 0.2) is 0 Å². The first kappa shape index (κ1) is 16.2. The topological polar surface area (TPSA) is 58.1 Å². The summed E-state index contributed by atoms with van der Waals surface area (Å²) in [6, 6.07) is 0.391. The lowest BCUT2D eigenvalue weighted by Crippen LogP contribution is -2.40. The van der Waals surface area contributed by atoms with Gasteiger partial charge in [-0.05, 0) is 32.1 Å². The van der Waals surface area contributed by atoms with Crippen molar-refractivity contribution in [1.82, 2.24) is 15.1 Å². The van der Waals surface area contributed by atoms with Crippen LogP contribution >= 0.6 is 11.3 Å². The highest BCUT2D eigenvalue weighted by molar-refractivity contribution is 7.17. The van der Waals surface area contributed by atoms with Crippen LogP contribution < -0.4 is 5.32 Å². The summed E-state index contributed by atoms with van der Waals surface area (Å²) in [5.41, 5.74) is 0. The van der Waals surface area contributed by atoms with Gasteiger partial charge in [0.05, 0.1) is 0 Å². The Morgan fingerprint density at radius 3 is 2.71 bits per heavy atom. The maximum Gasteiger partial charge on any atom is 0.285 e. The van der Waals surface area contributed by atoms with E-state index in [0.29, 0.717) is 17.0 Å². The van der Waals surface area contributed by atoms with Gasteiger partial charge in [-0.25, -0.2) is 0 Å². The summed E-state index contributed by atoms with van der Waals surface area (Å²) >= 11 is 1.36. The number of nitrogens with zero attached hydrogens (tertiary/aromatic N) is 3. The molecular formula is C15H26N4OS. The van der Waals surface area contributed by atoms with E-state index in [4.69, 9.17) is 0 Å². The first-order valence-corrected chi connectivity index (χ1v) is 8.81.